The zero-order valence-corrected chi connectivity index (χ0v) is 9.74. The SMILES string of the molecule is COC(=O)[C@@H]1C=C(c2ccncc2)CN1C(=O)O. The number of rotatable bonds is 2. The van der Waals surface area contributed by atoms with Gasteiger partial charge in [-0.15, -0.1) is 0 Å². The topological polar surface area (TPSA) is 79.7 Å². The zero-order valence-electron chi connectivity index (χ0n) is 9.74. The van der Waals surface area contributed by atoms with Crippen LogP contribution in [0.1, 0.15) is 5.56 Å². The van der Waals surface area contributed by atoms with Gasteiger partial charge in [-0.1, -0.05) is 0 Å². The van der Waals surface area contributed by atoms with Crippen LogP contribution in [0, 0.1) is 0 Å². The Balaban J connectivity index is 2.30. The third kappa shape index (κ3) is 2.17. The number of methoxy groups -OCH3 is 1. The molecular formula is C12H12N2O4. The minimum absolute atomic E-state index is 0.166. The Morgan fingerprint density at radius 3 is 2.67 bits per heavy atom. The maximum absolute atomic E-state index is 11.5. The predicted molar refractivity (Wildman–Crippen MR) is 62.7 cm³/mol. The van der Waals surface area contributed by atoms with Crippen molar-refractivity contribution in [1.29, 1.82) is 0 Å². The molecule has 0 radical (unpaired) electrons. The first kappa shape index (κ1) is 12.1. The molecule has 1 aliphatic rings. The van der Waals surface area contributed by atoms with Crippen LogP contribution in [0.2, 0.25) is 0 Å². The molecule has 0 fully saturated rings. The zero-order chi connectivity index (χ0) is 13.1. The van der Waals surface area contributed by atoms with Crippen LogP contribution in [0.15, 0.2) is 30.6 Å². The summed E-state index contributed by atoms with van der Waals surface area (Å²) in [5.41, 5.74) is 1.62. The van der Waals surface area contributed by atoms with Gasteiger partial charge in [-0.2, -0.15) is 0 Å². The molecule has 0 spiro atoms. The number of aromatic nitrogens is 1. The first-order valence-corrected chi connectivity index (χ1v) is 5.32. The molecule has 1 aromatic rings. The van der Waals surface area contributed by atoms with Gasteiger partial charge in [0, 0.05) is 12.4 Å². The average molecular weight is 248 g/mol. The monoisotopic (exact) mass is 248 g/mol. The molecule has 2 rings (SSSR count). The molecule has 1 N–H and O–H groups in total. The molecule has 0 aliphatic carbocycles. The summed E-state index contributed by atoms with van der Waals surface area (Å²) in [6.45, 7) is 0.166. The second kappa shape index (κ2) is 4.87. The lowest BCUT2D eigenvalue weighted by Crippen LogP contribution is -2.40. The number of carbonyl (C=O) groups excluding carboxylic acids is 1. The Hall–Kier alpha value is -2.37. The van der Waals surface area contributed by atoms with Gasteiger partial charge in [0.05, 0.1) is 13.7 Å². The largest absolute Gasteiger partial charge is 0.467 e. The van der Waals surface area contributed by atoms with E-state index in [0.29, 0.717) is 0 Å². The standard InChI is InChI=1S/C12H12N2O4/c1-18-11(15)10-6-9(7-14(10)12(16)17)8-2-4-13-5-3-8/h2-6,10H,7H2,1H3,(H,16,17)/t10-/m0/s1. The Bertz CT molecular complexity index is 498. The number of nitrogens with zero attached hydrogens (tertiary/aromatic N) is 2. The smallest absolute Gasteiger partial charge is 0.408 e. The number of hydrogen-bond donors (Lipinski definition) is 1. The molecule has 0 saturated carbocycles. The molecule has 94 valence electrons. The molecule has 0 saturated heterocycles. The van der Waals surface area contributed by atoms with Crippen LogP contribution in [-0.2, 0) is 9.53 Å². The molecule has 0 bridgehead atoms. The van der Waals surface area contributed by atoms with Crippen molar-refractivity contribution in [3.8, 4) is 0 Å². The van der Waals surface area contributed by atoms with E-state index in [-0.39, 0.29) is 6.54 Å². The third-order valence-electron chi connectivity index (χ3n) is 2.78. The second-order valence-electron chi connectivity index (χ2n) is 3.81. The lowest BCUT2D eigenvalue weighted by atomic mass is 10.1. The second-order valence-corrected chi connectivity index (χ2v) is 3.81. The highest BCUT2D eigenvalue weighted by atomic mass is 16.5. The van der Waals surface area contributed by atoms with Crippen LogP contribution in [0.4, 0.5) is 4.79 Å². The van der Waals surface area contributed by atoms with Gasteiger partial charge in [-0.3, -0.25) is 9.88 Å². The highest BCUT2D eigenvalue weighted by Gasteiger charge is 2.35. The van der Waals surface area contributed by atoms with Crippen LogP contribution in [0.25, 0.3) is 5.57 Å². The van der Waals surface area contributed by atoms with Gasteiger partial charge in [0.15, 0.2) is 6.04 Å². The Kier molecular flexibility index (Phi) is 3.27. The first-order valence-electron chi connectivity index (χ1n) is 5.32. The molecule has 6 nitrogen and oxygen atoms in total. The van der Waals surface area contributed by atoms with E-state index in [2.05, 4.69) is 9.72 Å². The predicted octanol–water partition coefficient (Wildman–Crippen LogP) is 1.00. The van der Waals surface area contributed by atoms with Crippen molar-refractivity contribution in [3.05, 3.63) is 36.2 Å². The first-order chi connectivity index (χ1) is 8.63. The highest BCUT2D eigenvalue weighted by molar-refractivity contribution is 5.89. The molecule has 0 unspecified atom stereocenters. The number of pyridine rings is 1. The van der Waals surface area contributed by atoms with Gasteiger partial charge in [-0.05, 0) is 29.3 Å². The maximum atomic E-state index is 11.5. The van der Waals surface area contributed by atoms with E-state index in [1.165, 1.54) is 7.11 Å². The molecule has 1 aromatic heterocycles. The molecular weight excluding hydrogens is 236 g/mol. The van der Waals surface area contributed by atoms with Crippen molar-refractivity contribution in [3.63, 3.8) is 0 Å². The van der Waals surface area contributed by atoms with Crippen molar-refractivity contribution in [2.24, 2.45) is 0 Å². The van der Waals surface area contributed by atoms with Crippen LogP contribution < -0.4 is 0 Å². The fourth-order valence-corrected chi connectivity index (χ4v) is 1.87. The Morgan fingerprint density at radius 2 is 2.11 bits per heavy atom. The Morgan fingerprint density at radius 1 is 1.44 bits per heavy atom. The molecule has 1 aliphatic heterocycles. The average Bonchev–Trinajstić information content (AvgIpc) is 2.84. The van der Waals surface area contributed by atoms with Gasteiger partial charge in [0.2, 0.25) is 0 Å². The van der Waals surface area contributed by atoms with Crippen LogP contribution in [-0.4, -0.2) is 46.7 Å². The van der Waals surface area contributed by atoms with E-state index in [4.69, 9.17) is 5.11 Å². The summed E-state index contributed by atoms with van der Waals surface area (Å²) in [5.74, 6) is -0.582. The van der Waals surface area contributed by atoms with Crippen LogP contribution in [0.3, 0.4) is 0 Å². The number of carboxylic acid groups (broad SMARTS) is 1. The summed E-state index contributed by atoms with van der Waals surface area (Å²) < 4.78 is 4.60. The van der Waals surface area contributed by atoms with Gasteiger partial charge >= 0.3 is 12.1 Å². The van der Waals surface area contributed by atoms with Crippen molar-refractivity contribution < 1.29 is 19.4 Å². The van der Waals surface area contributed by atoms with Crippen molar-refractivity contribution in [1.82, 2.24) is 9.88 Å². The van der Waals surface area contributed by atoms with Gasteiger partial charge in [-0.25, -0.2) is 9.59 Å². The minimum atomic E-state index is -1.15. The number of amides is 1. The summed E-state index contributed by atoms with van der Waals surface area (Å²) in [4.78, 5) is 27.5. The number of esters is 1. The molecule has 1 amide bonds. The normalized spacial score (nSPS) is 18.4. The summed E-state index contributed by atoms with van der Waals surface area (Å²) >= 11 is 0. The van der Waals surface area contributed by atoms with E-state index in [9.17, 15) is 9.59 Å². The van der Waals surface area contributed by atoms with E-state index in [1.54, 1.807) is 30.6 Å². The minimum Gasteiger partial charge on any atom is -0.467 e. The fraction of sp³-hybridized carbons (Fsp3) is 0.250. The molecule has 6 heteroatoms. The molecule has 18 heavy (non-hydrogen) atoms. The third-order valence-corrected chi connectivity index (χ3v) is 2.78. The van der Waals surface area contributed by atoms with Gasteiger partial charge in [0.1, 0.15) is 0 Å². The van der Waals surface area contributed by atoms with Gasteiger partial charge in [0.25, 0.3) is 0 Å². The highest BCUT2D eigenvalue weighted by Crippen LogP contribution is 2.25. The fourth-order valence-electron chi connectivity index (χ4n) is 1.87. The lowest BCUT2D eigenvalue weighted by molar-refractivity contribution is -0.143. The van der Waals surface area contributed by atoms with Crippen LogP contribution >= 0.6 is 0 Å². The Labute approximate surface area is 104 Å². The van der Waals surface area contributed by atoms with E-state index in [0.717, 1.165) is 16.0 Å². The summed E-state index contributed by atoms with van der Waals surface area (Å²) in [6, 6.07) is 2.66. The van der Waals surface area contributed by atoms with Crippen molar-refractivity contribution >= 4 is 17.6 Å². The quantitative estimate of drug-likeness (QED) is 0.790. The number of hydrogen-bond acceptors (Lipinski definition) is 4. The number of ether oxygens (including phenoxy) is 1. The molecule has 0 aromatic carbocycles. The van der Waals surface area contributed by atoms with E-state index < -0.39 is 18.1 Å². The molecule has 1 atom stereocenters. The van der Waals surface area contributed by atoms with Crippen molar-refractivity contribution in [2.45, 2.75) is 6.04 Å². The maximum Gasteiger partial charge on any atom is 0.408 e. The summed E-state index contributed by atoms with van der Waals surface area (Å²) in [6.07, 6.45) is 3.69. The van der Waals surface area contributed by atoms with Crippen molar-refractivity contribution in [2.75, 3.05) is 13.7 Å². The van der Waals surface area contributed by atoms with Crippen LogP contribution in [0.5, 0.6) is 0 Å². The molecule has 2 heterocycles. The van der Waals surface area contributed by atoms with E-state index >= 15 is 0 Å². The summed E-state index contributed by atoms with van der Waals surface area (Å²) in [7, 11) is 1.24. The van der Waals surface area contributed by atoms with E-state index in [1.807, 2.05) is 0 Å². The summed E-state index contributed by atoms with van der Waals surface area (Å²) in [5, 5.41) is 9.07. The van der Waals surface area contributed by atoms with Gasteiger partial charge < -0.3 is 9.84 Å². The lowest BCUT2D eigenvalue weighted by Gasteiger charge is -2.18. The number of carbonyl (C=O) groups is 2.